The molecule has 0 aliphatic carbocycles. The molecular weight excluding hydrogens is 218 g/mol. The van der Waals surface area contributed by atoms with Gasteiger partial charge in [-0.2, -0.15) is 0 Å². The predicted molar refractivity (Wildman–Crippen MR) is 63.7 cm³/mol. The summed E-state index contributed by atoms with van der Waals surface area (Å²) in [5.74, 6) is 1.42. The minimum absolute atomic E-state index is 0.104. The van der Waals surface area contributed by atoms with Gasteiger partial charge in [0.15, 0.2) is 0 Å². The van der Waals surface area contributed by atoms with E-state index in [-0.39, 0.29) is 11.7 Å². The van der Waals surface area contributed by atoms with Crippen LogP contribution in [0.1, 0.15) is 29.3 Å². The summed E-state index contributed by atoms with van der Waals surface area (Å²) in [4.78, 5) is 17.8. The summed E-state index contributed by atoms with van der Waals surface area (Å²) in [6, 6.07) is 0. The van der Waals surface area contributed by atoms with Gasteiger partial charge in [0.05, 0.1) is 0 Å². The van der Waals surface area contributed by atoms with E-state index in [9.17, 15) is 4.79 Å². The van der Waals surface area contributed by atoms with Gasteiger partial charge in [-0.3, -0.25) is 9.89 Å². The second-order valence-corrected chi connectivity index (χ2v) is 4.62. The van der Waals surface area contributed by atoms with E-state index in [2.05, 4.69) is 20.5 Å². The molecule has 0 radical (unpaired) electrons. The van der Waals surface area contributed by atoms with Crippen LogP contribution in [-0.4, -0.2) is 52.7 Å². The second-order valence-electron chi connectivity index (χ2n) is 4.62. The van der Waals surface area contributed by atoms with Crippen LogP contribution in [0.15, 0.2) is 0 Å². The number of hydrogen-bond donors (Lipinski definition) is 2. The van der Waals surface area contributed by atoms with Crippen LogP contribution in [0.25, 0.3) is 0 Å². The van der Waals surface area contributed by atoms with Crippen LogP contribution >= 0.6 is 0 Å². The average Bonchev–Trinajstić information content (AvgIpc) is 2.76. The van der Waals surface area contributed by atoms with E-state index in [4.69, 9.17) is 0 Å². The van der Waals surface area contributed by atoms with Crippen LogP contribution in [0.5, 0.6) is 0 Å². The Balaban J connectivity index is 1.90. The lowest BCUT2D eigenvalue weighted by atomic mass is 9.98. The molecule has 1 aliphatic rings. The largest absolute Gasteiger partial charge is 0.339 e. The molecule has 0 unspecified atom stereocenters. The molecule has 1 aromatic rings. The molecule has 6 nitrogen and oxygen atoms in total. The lowest BCUT2D eigenvalue weighted by molar-refractivity contribution is 0.0751. The molecule has 17 heavy (non-hydrogen) atoms. The van der Waals surface area contributed by atoms with Crippen molar-refractivity contribution in [3.05, 3.63) is 11.6 Å². The maximum Gasteiger partial charge on any atom is 0.293 e. The standard InChI is InChI=1S/C11H19N5O/c1-8-13-10(15-14-8)11(17)16(2)7-9-3-5-12-6-4-9/h9,12H,3-7H2,1-2H3,(H,13,14,15). The third-order valence-electron chi connectivity index (χ3n) is 3.13. The van der Waals surface area contributed by atoms with Crippen molar-refractivity contribution in [1.82, 2.24) is 25.4 Å². The molecule has 1 aliphatic heterocycles. The zero-order chi connectivity index (χ0) is 12.3. The molecule has 2 heterocycles. The molecule has 1 aromatic heterocycles. The van der Waals surface area contributed by atoms with E-state index in [0.717, 1.165) is 32.5 Å². The lowest BCUT2D eigenvalue weighted by Gasteiger charge is -2.26. The number of amides is 1. The molecule has 0 aromatic carbocycles. The van der Waals surface area contributed by atoms with Crippen molar-refractivity contribution in [1.29, 1.82) is 0 Å². The van der Waals surface area contributed by atoms with Crippen molar-refractivity contribution in [3.63, 3.8) is 0 Å². The average molecular weight is 237 g/mol. The van der Waals surface area contributed by atoms with Gasteiger partial charge < -0.3 is 10.2 Å². The Morgan fingerprint density at radius 1 is 1.47 bits per heavy atom. The molecule has 0 atom stereocenters. The van der Waals surface area contributed by atoms with E-state index in [0.29, 0.717) is 11.7 Å². The highest BCUT2D eigenvalue weighted by atomic mass is 16.2. The number of aryl methyl sites for hydroxylation is 1. The van der Waals surface area contributed by atoms with Crippen LogP contribution in [0.4, 0.5) is 0 Å². The Hall–Kier alpha value is -1.43. The van der Waals surface area contributed by atoms with Gasteiger partial charge in [-0.25, -0.2) is 4.98 Å². The molecule has 2 N–H and O–H groups in total. The van der Waals surface area contributed by atoms with Crippen molar-refractivity contribution < 1.29 is 4.79 Å². The molecule has 0 spiro atoms. The third-order valence-corrected chi connectivity index (χ3v) is 3.13. The monoisotopic (exact) mass is 237 g/mol. The van der Waals surface area contributed by atoms with Crippen molar-refractivity contribution in [2.75, 3.05) is 26.7 Å². The molecule has 0 saturated carbocycles. The number of aromatic amines is 1. The van der Waals surface area contributed by atoms with E-state index in [1.165, 1.54) is 0 Å². The Kier molecular flexibility index (Phi) is 3.73. The summed E-state index contributed by atoms with van der Waals surface area (Å²) in [5.41, 5.74) is 0. The zero-order valence-corrected chi connectivity index (χ0v) is 10.4. The molecular formula is C11H19N5O. The maximum absolute atomic E-state index is 12.0. The molecule has 1 amide bonds. The number of aromatic nitrogens is 3. The summed E-state index contributed by atoms with van der Waals surface area (Å²) in [6.45, 7) is 4.67. The number of nitrogens with one attached hydrogen (secondary N) is 2. The SMILES string of the molecule is Cc1nc(C(=O)N(C)CC2CCNCC2)n[nH]1. The van der Waals surface area contributed by atoms with Crippen molar-refractivity contribution >= 4 is 5.91 Å². The molecule has 1 saturated heterocycles. The highest BCUT2D eigenvalue weighted by Crippen LogP contribution is 2.13. The first kappa shape index (κ1) is 12.0. The second kappa shape index (κ2) is 5.27. The normalized spacial score (nSPS) is 17.1. The third kappa shape index (κ3) is 3.03. The van der Waals surface area contributed by atoms with Crippen molar-refractivity contribution in [2.45, 2.75) is 19.8 Å². The highest BCUT2D eigenvalue weighted by molar-refractivity contribution is 5.90. The van der Waals surface area contributed by atoms with E-state index in [1.807, 2.05) is 7.05 Å². The van der Waals surface area contributed by atoms with Crippen molar-refractivity contribution in [3.8, 4) is 0 Å². The lowest BCUT2D eigenvalue weighted by Crippen LogP contribution is -2.37. The topological polar surface area (TPSA) is 73.9 Å². The van der Waals surface area contributed by atoms with E-state index in [1.54, 1.807) is 11.8 Å². The Labute approximate surface area is 101 Å². The number of H-pyrrole nitrogens is 1. The van der Waals surface area contributed by atoms with Crippen molar-refractivity contribution in [2.24, 2.45) is 5.92 Å². The first-order valence-corrected chi connectivity index (χ1v) is 6.02. The molecule has 94 valence electrons. The van der Waals surface area contributed by atoms with Gasteiger partial charge in [0, 0.05) is 13.6 Å². The smallest absolute Gasteiger partial charge is 0.293 e. The fourth-order valence-electron chi connectivity index (χ4n) is 2.14. The summed E-state index contributed by atoms with van der Waals surface area (Å²) < 4.78 is 0. The van der Waals surface area contributed by atoms with Gasteiger partial charge >= 0.3 is 0 Å². The van der Waals surface area contributed by atoms with Crippen LogP contribution in [0.2, 0.25) is 0 Å². The summed E-state index contributed by atoms with van der Waals surface area (Å²) in [6.07, 6.45) is 2.26. The van der Waals surface area contributed by atoms with Gasteiger partial charge in [-0.1, -0.05) is 0 Å². The minimum Gasteiger partial charge on any atom is -0.339 e. The first-order chi connectivity index (χ1) is 8.16. The van der Waals surface area contributed by atoms with Gasteiger partial charge in [-0.15, -0.1) is 5.10 Å². The van der Waals surface area contributed by atoms with Crippen LogP contribution in [-0.2, 0) is 0 Å². The Morgan fingerprint density at radius 2 is 2.18 bits per heavy atom. The first-order valence-electron chi connectivity index (χ1n) is 6.02. The quantitative estimate of drug-likeness (QED) is 0.786. The van der Waals surface area contributed by atoms with Gasteiger partial charge in [0.25, 0.3) is 5.91 Å². The predicted octanol–water partition coefficient (Wildman–Crippen LogP) is 0.185. The number of carbonyl (C=O) groups excluding carboxylic acids is 1. The Bertz CT molecular complexity index is 383. The van der Waals surface area contributed by atoms with Crippen LogP contribution < -0.4 is 5.32 Å². The molecule has 6 heteroatoms. The van der Waals surface area contributed by atoms with E-state index < -0.39 is 0 Å². The zero-order valence-electron chi connectivity index (χ0n) is 10.4. The van der Waals surface area contributed by atoms with Crippen LogP contribution in [0, 0.1) is 12.8 Å². The van der Waals surface area contributed by atoms with Gasteiger partial charge in [0.2, 0.25) is 5.82 Å². The van der Waals surface area contributed by atoms with Crippen LogP contribution in [0.3, 0.4) is 0 Å². The van der Waals surface area contributed by atoms with Gasteiger partial charge in [-0.05, 0) is 38.8 Å². The number of hydrogen-bond acceptors (Lipinski definition) is 4. The molecule has 1 fully saturated rings. The number of nitrogens with zero attached hydrogens (tertiary/aromatic N) is 3. The highest BCUT2D eigenvalue weighted by Gasteiger charge is 2.21. The minimum atomic E-state index is -0.104. The maximum atomic E-state index is 12.0. The number of piperidine rings is 1. The van der Waals surface area contributed by atoms with Gasteiger partial charge in [0.1, 0.15) is 5.82 Å². The number of carbonyl (C=O) groups is 1. The fourth-order valence-corrected chi connectivity index (χ4v) is 2.14. The summed E-state index contributed by atoms with van der Waals surface area (Å²) in [5, 5.41) is 9.90. The fraction of sp³-hybridized carbons (Fsp3) is 0.727. The van der Waals surface area contributed by atoms with E-state index >= 15 is 0 Å². The Morgan fingerprint density at radius 3 is 2.76 bits per heavy atom. The summed E-state index contributed by atoms with van der Waals surface area (Å²) in [7, 11) is 1.82. The number of rotatable bonds is 3. The molecule has 0 bridgehead atoms. The molecule has 2 rings (SSSR count). The summed E-state index contributed by atoms with van der Waals surface area (Å²) >= 11 is 0.